The van der Waals surface area contributed by atoms with Crippen molar-refractivity contribution in [3.05, 3.63) is 17.0 Å². The molecular weight excluding hydrogens is 286 g/mol. The average Bonchev–Trinajstić information content (AvgIpc) is 2.79. The molecule has 0 saturated carbocycles. The highest BCUT2D eigenvalue weighted by atomic mass is 32.2. The normalized spacial score (nSPS) is 11.3. The van der Waals surface area contributed by atoms with Gasteiger partial charge in [-0.05, 0) is 32.4 Å². The highest BCUT2D eigenvalue weighted by Gasteiger charge is 2.12. The second-order valence-electron chi connectivity index (χ2n) is 3.92. The highest BCUT2D eigenvalue weighted by molar-refractivity contribution is 7.91. The maximum absolute atomic E-state index is 11.7. The first-order chi connectivity index (χ1) is 8.88. The zero-order valence-corrected chi connectivity index (χ0v) is 12.7. The van der Waals surface area contributed by atoms with Crippen LogP contribution in [0, 0.1) is 0 Å². The monoisotopic (exact) mass is 305 g/mol. The fourth-order valence-corrected chi connectivity index (χ4v) is 3.34. The van der Waals surface area contributed by atoms with Gasteiger partial charge in [0.15, 0.2) is 0 Å². The van der Waals surface area contributed by atoms with Crippen LogP contribution >= 0.6 is 11.3 Å². The van der Waals surface area contributed by atoms with Crippen molar-refractivity contribution in [2.75, 3.05) is 19.6 Å². The molecule has 0 spiro atoms. The summed E-state index contributed by atoms with van der Waals surface area (Å²) in [5.41, 5.74) is 0. The number of nitrogens with two attached hydrogens (primary N) is 1. The third kappa shape index (κ3) is 4.81. The number of carbonyl (C=O) groups excluding carboxylic acids is 1. The van der Waals surface area contributed by atoms with Crippen molar-refractivity contribution in [1.29, 1.82) is 0 Å². The molecule has 0 saturated heterocycles. The van der Waals surface area contributed by atoms with Crippen molar-refractivity contribution in [3.8, 4) is 0 Å². The highest BCUT2D eigenvalue weighted by Crippen LogP contribution is 2.20. The molecular formula is C11H19N3O3S2. The van der Waals surface area contributed by atoms with Crippen LogP contribution in [0.3, 0.4) is 0 Å². The van der Waals surface area contributed by atoms with Crippen LogP contribution in [0.15, 0.2) is 16.3 Å². The summed E-state index contributed by atoms with van der Waals surface area (Å²) in [6, 6.07) is 3.10. The average molecular weight is 305 g/mol. The van der Waals surface area contributed by atoms with E-state index in [4.69, 9.17) is 5.14 Å². The maximum Gasteiger partial charge on any atom is 0.317 e. The molecule has 2 amide bonds. The van der Waals surface area contributed by atoms with Crippen LogP contribution in [0.2, 0.25) is 0 Å². The molecule has 0 radical (unpaired) electrons. The molecule has 19 heavy (non-hydrogen) atoms. The zero-order chi connectivity index (χ0) is 14.5. The molecule has 6 nitrogen and oxygen atoms in total. The molecule has 0 aliphatic heterocycles. The molecule has 0 bridgehead atoms. The van der Waals surface area contributed by atoms with Gasteiger partial charge in [-0.1, -0.05) is 0 Å². The molecule has 0 aliphatic carbocycles. The molecule has 108 valence electrons. The molecule has 1 aromatic heterocycles. The summed E-state index contributed by atoms with van der Waals surface area (Å²) < 4.78 is 22.4. The van der Waals surface area contributed by atoms with Crippen molar-refractivity contribution in [2.45, 2.75) is 24.5 Å². The quantitative estimate of drug-likeness (QED) is 0.821. The van der Waals surface area contributed by atoms with Gasteiger partial charge in [-0.15, -0.1) is 11.3 Å². The Morgan fingerprint density at radius 2 is 2.00 bits per heavy atom. The molecule has 1 aromatic rings. The molecule has 1 rings (SSSR count). The van der Waals surface area contributed by atoms with Gasteiger partial charge in [-0.2, -0.15) is 0 Å². The fourth-order valence-electron chi connectivity index (χ4n) is 1.56. The maximum atomic E-state index is 11.7. The van der Waals surface area contributed by atoms with E-state index in [-0.39, 0.29) is 10.2 Å². The van der Waals surface area contributed by atoms with Crippen molar-refractivity contribution in [2.24, 2.45) is 5.14 Å². The Kier molecular flexibility index (Phi) is 5.77. The number of primary sulfonamides is 1. The van der Waals surface area contributed by atoms with Crippen molar-refractivity contribution < 1.29 is 13.2 Å². The summed E-state index contributed by atoms with van der Waals surface area (Å²) in [5, 5.41) is 7.82. The van der Waals surface area contributed by atoms with E-state index in [1.54, 1.807) is 11.0 Å². The number of amides is 2. The Labute approximate surface area is 117 Å². The molecule has 0 aliphatic rings. The predicted molar refractivity (Wildman–Crippen MR) is 75.7 cm³/mol. The fraction of sp³-hybridized carbons (Fsp3) is 0.545. The number of nitrogens with one attached hydrogen (secondary N) is 1. The van der Waals surface area contributed by atoms with Gasteiger partial charge < -0.3 is 10.2 Å². The SMILES string of the molecule is CCN(CC)C(=O)NCCc1ccc(S(N)(=O)=O)s1. The third-order valence-electron chi connectivity index (χ3n) is 2.62. The van der Waals surface area contributed by atoms with Gasteiger partial charge in [0.25, 0.3) is 0 Å². The molecule has 0 aromatic carbocycles. The van der Waals surface area contributed by atoms with Crippen LogP contribution in [0.25, 0.3) is 0 Å². The van der Waals surface area contributed by atoms with Gasteiger partial charge in [0, 0.05) is 24.5 Å². The number of rotatable bonds is 6. The van der Waals surface area contributed by atoms with Crippen LogP contribution in [0.1, 0.15) is 18.7 Å². The first-order valence-electron chi connectivity index (χ1n) is 6.02. The van der Waals surface area contributed by atoms with E-state index in [0.717, 1.165) is 16.2 Å². The summed E-state index contributed by atoms with van der Waals surface area (Å²) >= 11 is 1.13. The Morgan fingerprint density at radius 1 is 1.37 bits per heavy atom. The van der Waals surface area contributed by atoms with Crippen molar-refractivity contribution in [3.63, 3.8) is 0 Å². The number of urea groups is 1. The second-order valence-corrected chi connectivity index (χ2v) is 6.88. The Hall–Kier alpha value is -1.12. The zero-order valence-electron chi connectivity index (χ0n) is 11.0. The first-order valence-corrected chi connectivity index (χ1v) is 8.39. The first kappa shape index (κ1) is 15.9. The molecule has 8 heteroatoms. The van der Waals surface area contributed by atoms with Crippen molar-refractivity contribution in [1.82, 2.24) is 10.2 Å². The number of sulfonamides is 1. The topological polar surface area (TPSA) is 92.5 Å². The van der Waals surface area contributed by atoms with E-state index in [1.807, 2.05) is 13.8 Å². The lowest BCUT2D eigenvalue weighted by molar-refractivity contribution is 0.203. The number of hydrogen-bond donors (Lipinski definition) is 2. The second kappa shape index (κ2) is 6.88. The molecule has 0 fully saturated rings. The van der Waals surface area contributed by atoms with Gasteiger partial charge in [0.05, 0.1) is 0 Å². The van der Waals surface area contributed by atoms with Crippen LogP contribution in [-0.4, -0.2) is 39.0 Å². The van der Waals surface area contributed by atoms with Crippen LogP contribution in [-0.2, 0) is 16.4 Å². The smallest absolute Gasteiger partial charge is 0.317 e. The summed E-state index contributed by atoms with van der Waals surface area (Å²) in [4.78, 5) is 14.2. The molecule has 0 unspecified atom stereocenters. The third-order valence-corrected chi connectivity index (χ3v) is 5.20. The van der Waals surface area contributed by atoms with Crippen molar-refractivity contribution >= 4 is 27.4 Å². The minimum absolute atomic E-state index is 0.103. The van der Waals surface area contributed by atoms with E-state index in [0.29, 0.717) is 26.1 Å². The van der Waals surface area contributed by atoms with Gasteiger partial charge in [-0.3, -0.25) is 0 Å². The molecule has 0 atom stereocenters. The van der Waals surface area contributed by atoms with E-state index in [1.165, 1.54) is 6.07 Å². The van der Waals surface area contributed by atoms with Gasteiger partial charge in [-0.25, -0.2) is 18.4 Å². The minimum atomic E-state index is -3.62. The van der Waals surface area contributed by atoms with Gasteiger partial charge >= 0.3 is 6.03 Å². The number of carbonyl (C=O) groups is 1. The van der Waals surface area contributed by atoms with Crippen LogP contribution in [0.5, 0.6) is 0 Å². The lowest BCUT2D eigenvalue weighted by atomic mass is 10.3. The van der Waals surface area contributed by atoms with Gasteiger partial charge in [0.1, 0.15) is 4.21 Å². The summed E-state index contributed by atoms with van der Waals surface area (Å²) in [6.07, 6.45) is 0.590. The minimum Gasteiger partial charge on any atom is -0.338 e. The number of thiophene rings is 1. The lowest BCUT2D eigenvalue weighted by Crippen LogP contribution is -2.40. The largest absolute Gasteiger partial charge is 0.338 e. The number of hydrogen-bond acceptors (Lipinski definition) is 4. The molecule has 3 N–H and O–H groups in total. The van der Waals surface area contributed by atoms with E-state index in [9.17, 15) is 13.2 Å². The van der Waals surface area contributed by atoms with E-state index < -0.39 is 10.0 Å². The summed E-state index contributed by atoms with van der Waals surface area (Å²) in [5.74, 6) is 0. The predicted octanol–water partition coefficient (Wildman–Crippen LogP) is 0.989. The van der Waals surface area contributed by atoms with Gasteiger partial charge in [0.2, 0.25) is 10.0 Å². The Morgan fingerprint density at radius 3 is 2.47 bits per heavy atom. The van der Waals surface area contributed by atoms with E-state index in [2.05, 4.69) is 5.32 Å². The van der Waals surface area contributed by atoms with E-state index >= 15 is 0 Å². The van der Waals surface area contributed by atoms with Crippen LogP contribution < -0.4 is 10.5 Å². The summed E-state index contributed by atoms with van der Waals surface area (Å²) in [6.45, 7) is 5.63. The Bertz CT molecular complexity index is 521. The van der Waals surface area contributed by atoms with Crippen LogP contribution in [0.4, 0.5) is 4.79 Å². The Balaban J connectivity index is 2.46. The lowest BCUT2D eigenvalue weighted by Gasteiger charge is -2.18. The molecule has 1 heterocycles. The number of nitrogens with zero attached hydrogens (tertiary/aromatic N) is 1. The standard InChI is InChI=1S/C11H19N3O3S2/c1-3-14(4-2)11(15)13-8-7-9-5-6-10(18-9)19(12,16)17/h5-6H,3-4,7-8H2,1-2H3,(H,13,15)(H2,12,16,17). The summed E-state index contributed by atoms with van der Waals surface area (Å²) in [7, 11) is -3.62.